The molecular weight excluding hydrogens is 318 g/mol. The van der Waals surface area contributed by atoms with E-state index in [0.717, 1.165) is 18.4 Å². The SMILES string of the molecule is CC(=O)c1cc(CC(=O)NCc2noc([C@H]3CCCO3)n2)cs1. The summed E-state index contributed by atoms with van der Waals surface area (Å²) in [6, 6.07) is 1.75. The lowest BCUT2D eigenvalue weighted by atomic mass is 10.2. The Kier molecular flexibility index (Phi) is 4.82. The standard InChI is InChI=1S/C15H17N3O4S/c1-9(19)12-5-10(8-23-12)6-14(20)16-7-13-17-15(22-18-13)11-3-2-4-21-11/h5,8,11H,2-4,6-7H2,1H3,(H,16,20)/t11-/m1/s1. The molecule has 0 saturated carbocycles. The zero-order chi connectivity index (χ0) is 16.2. The normalized spacial score (nSPS) is 17.3. The van der Waals surface area contributed by atoms with Crippen LogP contribution in [0, 0.1) is 0 Å². The van der Waals surface area contributed by atoms with E-state index in [-0.39, 0.29) is 30.8 Å². The van der Waals surface area contributed by atoms with E-state index in [0.29, 0.717) is 23.2 Å². The number of thiophene rings is 1. The van der Waals surface area contributed by atoms with Crippen molar-refractivity contribution in [1.82, 2.24) is 15.5 Å². The Balaban J connectivity index is 1.49. The van der Waals surface area contributed by atoms with Crippen molar-refractivity contribution in [2.45, 2.75) is 38.8 Å². The van der Waals surface area contributed by atoms with E-state index in [4.69, 9.17) is 9.26 Å². The fourth-order valence-corrected chi connectivity index (χ4v) is 3.14. The maximum Gasteiger partial charge on any atom is 0.255 e. The number of rotatable bonds is 6. The number of Topliss-reactive ketones (excluding diaryl/α,β-unsaturated/α-hetero) is 1. The molecule has 2 aromatic heterocycles. The number of ketones is 1. The molecule has 8 heteroatoms. The summed E-state index contributed by atoms with van der Waals surface area (Å²) in [5.41, 5.74) is 0.825. The van der Waals surface area contributed by atoms with Gasteiger partial charge in [0, 0.05) is 6.61 Å². The summed E-state index contributed by atoms with van der Waals surface area (Å²) >= 11 is 1.35. The zero-order valence-electron chi connectivity index (χ0n) is 12.7. The molecule has 0 unspecified atom stereocenters. The number of nitrogens with one attached hydrogen (secondary N) is 1. The van der Waals surface area contributed by atoms with Gasteiger partial charge in [-0.3, -0.25) is 9.59 Å². The van der Waals surface area contributed by atoms with Gasteiger partial charge in [-0.15, -0.1) is 11.3 Å². The van der Waals surface area contributed by atoms with Gasteiger partial charge in [0.15, 0.2) is 11.6 Å². The number of ether oxygens (including phenoxy) is 1. The topological polar surface area (TPSA) is 94.3 Å². The highest BCUT2D eigenvalue weighted by Gasteiger charge is 2.23. The third-order valence-corrected chi connectivity index (χ3v) is 4.58. The van der Waals surface area contributed by atoms with Crippen molar-refractivity contribution in [1.29, 1.82) is 0 Å². The van der Waals surface area contributed by atoms with E-state index in [2.05, 4.69) is 15.5 Å². The lowest BCUT2D eigenvalue weighted by Gasteiger charge is -2.01. The molecule has 3 heterocycles. The molecule has 1 atom stereocenters. The average Bonchev–Trinajstić information content (AvgIpc) is 3.25. The largest absolute Gasteiger partial charge is 0.368 e. The van der Waals surface area contributed by atoms with Crippen LogP contribution >= 0.6 is 11.3 Å². The van der Waals surface area contributed by atoms with Crippen LogP contribution in [-0.4, -0.2) is 28.4 Å². The Hall–Kier alpha value is -2.06. The summed E-state index contributed by atoms with van der Waals surface area (Å²) in [7, 11) is 0. The Morgan fingerprint density at radius 1 is 1.48 bits per heavy atom. The van der Waals surface area contributed by atoms with Crippen molar-refractivity contribution < 1.29 is 18.8 Å². The summed E-state index contributed by atoms with van der Waals surface area (Å²) in [6.45, 7) is 2.43. The Bertz CT molecular complexity index is 703. The molecule has 0 spiro atoms. The number of nitrogens with zero attached hydrogens (tertiary/aromatic N) is 2. The highest BCUT2D eigenvalue weighted by atomic mass is 32.1. The summed E-state index contributed by atoms with van der Waals surface area (Å²) in [6.07, 6.45) is 1.97. The fourth-order valence-electron chi connectivity index (χ4n) is 2.32. The fraction of sp³-hybridized carbons (Fsp3) is 0.467. The van der Waals surface area contributed by atoms with E-state index < -0.39 is 0 Å². The molecule has 0 aromatic carbocycles. The first-order valence-electron chi connectivity index (χ1n) is 7.41. The van der Waals surface area contributed by atoms with Crippen LogP contribution in [-0.2, 0) is 22.5 Å². The molecule has 1 amide bonds. The Labute approximate surface area is 137 Å². The van der Waals surface area contributed by atoms with E-state index in [9.17, 15) is 9.59 Å². The second kappa shape index (κ2) is 7.01. The third-order valence-electron chi connectivity index (χ3n) is 3.50. The van der Waals surface area contributed by atoms with Gasteiger partial charge in [0.1, 0.15) is 6.10 Å². The molecule has 0 bridgehead atoms. The highest BCUT2D eigenvalue weighted by Crippen LogP contribution is 2.26. The monoisotopic (exact) mass is 335 g/mol. The predicted octanol–water partition coefficient (Wildman–Crippen LogP) is 2.04. The number of amides is 1. The first-order chi connectivity index (χ1) is 11.1. The molecule has 3 rings (SSSR count). The molecule has 23 heavy (non-hydrogen) atoms. The molecule has 7 nitrogen and oxygen atoms in total. The Morgan fingerprint density at radius 3 is 3.04 bits per heavy atom. The van der Waals surface area contributed by atoms with Gasteiger partial charge in [-0.1, -0.05) is 5.16 Å². The molecule has 0 aliphatic carbocycles. The van der Waals surface area contributed by atoms with Crippen LogP contribution in [0.1, 0.15) is 52.8 Å². The second-order valence-corrected chi connectivity index (χ2v) is 6.29. The minimum absolute atomic E-state index is 0.00937. The Morgan fingerprint density at radius 2 is 2.35 bits per heavy atom. The van der Waals surface area contributed by atoms with Gasteiger partial charge in [-0.25, -0.2) is 0 Å². The number of hydrogen-bond acceptors (Lipinski definition) is 7. The van der Waals surface area contributed by atoms with Crippen LogP contribution in [0.3, 0.4) is 0 Å². The zero-order valence-corrected chi connectivity index (χ0v) is 13.5. The van der Waals surface area contributed by atoms with Crippen LogP contribution in [0.2, 0.25) is 0 Å². The van der Waals surface area contributed by atoms with Crippen molar-refractivity contribution >= 4 is 23.0 Å². The number of carbonyl (C=O) groups excluding carboxylic acids is 2. The molecule has 1 fully saturated rings. The lowest BCUT2D eigenvalue weighted by Crippen LogP contribution is -2.25. The summed E-state index contributed by atoms with van der Waals surface area (Å²) < 4.78 is 10.6. The van der Waals surface area contributed by atoms with Crippen molar-refractivity contribution in [3.8, 4) is 0 Å². The third kappa shape index (κ3) is 4.02. The quantitative estimate of drug-likeness (QED) is 0.812. The van der Waals surface area contributed by atoms with E-state index in [1.165, 1.54) is 18.3 Å². The summed E-state index contributed by atoms with van der Waals surface area (Å²) in [4.78, 5) is 28.1. The average molecular weight is 335 g/mol. The van der Waals surface area contributed by atoms with Crippen LogP contribution in [0.4, 0.5) is 0 Å². The molecule has 122 valence electrons. The molecule has 1 aliphatic heterocycles. The second-order valence-electron chi connectivity index (χ2n) is 5.38. The first-order valence-corrected chi connectivity index (χ1v) is 8.29. The van der Waals surface area contributed by atoms with Gasteiger partial charge in [0.05, 0.1) is 17.8 Å². The number of aromatic nitrogens is 2. The van der Waals surface area contributed by atoms with Crippen molar-refractivity contribution in [3.05, 3.63) is 33.6 Å². The van der Waals surface area contributed by atoms with Gasteiger partial charge < -0.3 is 14.6 Å². The van der Waals surface area contributed by atoms with E-state index >= 15 is 0 Å². The molecular formula is C15H17N3O4S. The van der Waals surface area contributed by atoms with Gasteiger partial charge in [0.25, 0.3) is 5.89 Å². The lowest BCUT2D eigenvalue weighted by molar-refractivity contribution is -0.120. The number of hydrogen-bond donors (Lipinski definition) is 1. The minimum atomic E-state index is -0.152. The van der Waals surface area contributed by atoms with Crippen LogP contribution < -0.4 is 5.32 Å². The summed E-state index contributed by atoms with van der Waals surface area (Å²) in [5, 5.41) is 8.41. The van der Waals surface area contributed by atoms with Crippen molar-refractivity contribution in [2.24, 2.45) is 0 Å². The van der Waals surface area contributed by atoms with Gasteiger partial charge in [0.2, 0.25) is 5.91 Å². The molecule has 1 saturated heterocycles. The molecule has 0 radical (unpaired) electrons. The van der Waals surface area contributed by atoms with Crippen molar-refractivity contribution in [3.63, 3.8) is 0 Å². The van der Waals surface area contributed by atoms with Gasteiger partial charge in [-0.2, -0.15) is 4.98 Å². The molecule has 2 aromatic rings. The minimum Gasteiger partial charge on any atom is -0.368 e. The summed E-state index contributed by atoms with van der Waals surface area (Å²) in [5.74, 6) is 0.755. The smallest absolute Gasteiger partial charge is 0.255 e. The molecule has 1 N–H and O–H groups in total. The predicted molar refractivity (Wildman–Crippen MR) is 82.1 cm³/mol. The molecule has 1 aliphatic rings. The van der Waals surface area contributed by atoms with E-state index in [1.807, 2.05) is 5.38 Å². The van der Waals surface area contributed by atoms with Crippen LogP contribution in [0.25, 0.3) is 0 Å². The number of carbonyl (C=O) groups is 2. The van der Waals surface area contributed by atoms with Crippen LogP contribution in [0.5, 0.6) is 0 Å². The first kappa shape index (κ1) is 15.8. The van der Waals surface area contributed by atoms with Gasteiger partial charge in [-0.05, 0) is 36.8 Å². The van der Waals surface area contributed by atoms with Crippen molar-refractivity contribution in [2.75, 3.05) is 6.61 Å². The van der Waals surface area contributed by atoms with Gasteiger partial charge >= 0.3 is 0 Å². The van der Waals surface area contributed by atoms with Crippen LogP contribution in [0.15, 0.2) is 16.0 Å². The maximum atomic E-state index is 11.9. The maximum absolute atomic E-state index is 11.9. The highest BCUT2D eigenvalue weighted by molar-refractivity contribution is 7.12. The van der Waals surface area contributed by atoms with E-state index in [1.54, 1.807) is 6.07 Å².